The lowest BCUT2D eigenvalue weighted by Gasteiger charge is -2.36. The van der Waals surface area contributed by atoms with Crippen LogP contribution in [0.4, 0.5) is 0 Å². The summed E-state index contributed by atoms with van der Waals surface area (Å²) in [6, 6.07) is 25.6. The van der Waals surface area contributed by atoms with E-state index in [-0.39, 0.29) is 18.6 Å². The van der Waals surface area contributed by atoms with Gasteiger partial charge in [-0.05, 0) is 41.0 Å². The molecule has 1 aliphatic heterocycles. The molecule has 7 heteroatoms. The molecule has 1 amide bonds. The summed E-state index contributed by atoms with van der Waals surface area (Å²) in [6.07, 6.45) is -0.143. The second kappa shape index (κ2) is 13.4. The molecule has 1 fully saturated rings. The fraction of sp³-hybridized carbons (Fsp3) is 0.345. The maximum atomic E-state index is 12.6. The highest BCUT2D eigenvalue weighted by Crippen LogP contribution is 2.25. The number of halogens is 1. The first kappa shape index (κ1) is 26.2. The topological polar surface area (TPSA) is 51.2 Å². The second-order valence-corrected chi connectivity index (χ2v) is 9.30. The van der Waals surface area contributed by atoms with Crippen LogP contribution in [-0.2, 0) is 27.5 Å². The molecule has 6 nitrogen and oxygen atoms in total. The third-order valence-electron chi connectivity index (χ3n) is 6.29. The molecule has 3 aromatic carbocycles. The van der Waals surface area contributed by atoms with Crippen LogP contribution in [0.3, 0.4) is 0 Å². The number of rotatable bonds is 11. The van der Waals surface area contributed by atoms with E-state index in [1.165, 1.54) is 0 Å². The molecule has 1 atom stereocenters. The van der Waals surface area contributed by atoms with Crippen molar-refractivity contribution in [2.45, 2.75) is 19.3 Å². The number of methoxy groups -OCH3 is 1. The number of hydrogen-bond donors (Lipinski definition) is 0. The normalized spacial score (nSPS) is 15.0. The third-order valence-corrected chi connectivity index (χ3v) is 6.53. The van der Waals surface area contributed by atoms with Gasteiger partial charge in [0.25, 0.3) is 0 Å². The first-order chi connectivity index (χ1) is 17.6. The van der Waals surface area contributed by atoms with Gasteiger partial charge in [0.05, 0.1) is 26.4 Å². The van der Waals surface area contributed by atoms with Gasteiger partial charge in [-0.3, -0.25) is 9.69 Å². The Balaban J connectivity index is 1.30. The lowest BCUT2D eigenvalue weighted by atomic mass is 10.1. The van der Waals surface area contributed by atoms with Gasteiger partial charge < -0.3 is 19.1 Å². The number of ether oxygens (including phenoxy) is 3. The molecular formula is C29H33ClN2O4. The zero-order valence-electron chi connectivity index (χ0n) is 20.6. The SMILES string of the molecule is COc1cccc([C@@H](CN2CCN(C(=O)COCc3ccccc3)CC2)OCc2cccc(Cl)c2)c1. The average molecular weight is 509 g/mol. The third kappa shape index (κ3) is 7.80. The predicted molar refractivity (Wildman–Crippen MR) is 141 cm³/mol. The lowest BCUT2D eigenvalue weighted by molar-refractivity contribution is -0.138. The summed E-state index contributed by atoms with van der Waals surface area (Å²) < 4.78 is 17.5. The Hall–Kier alpha value is -2.90. The van der Waals surface area contributed by atoms with Crippen molar-refractivity contribution in [3.05, 3.63) is 101 Å². The molecule has 0 aromatic heterocycles. The number of carbonyl (C=O) groups excluding carboxylic acids is 1. The molecule has 0 radical (unpaired) electrons. The summed E-state index contributed by atoms with van der Waals surface area (Å²) in [6.45, 7) is 4.64. The van der Waals surface area contributed by atoms with Gasteiger partial charge in [-0.15, -0.1) is 0 Å². The molecular weight excluding hydrogens is 476 g/mol. The second-order valence-electron chi connectivity index (χ2n) is 8.87. The zero-order chi connectivity index (χ0) is 25.2. The van der Waals surface area contributed by atoms with E-state index < -0.39 is 0 Å². The molecule has 0 spiro atoms. The average Bonchev–Trinajstić information content (AvgIpc) is 2.92. The molecule has 0 N–H and O–H groups in total. The summed E-state index contributed by atoms with van der Waals surface area (Å²) in [5.41, 5.74) is 3.15. The Labute approximate surface area is 218 Å². The smallest absolute Gasteiger partial charge is 0.248 e. The van der Waals surface area contributed by atoms with E-state index >= 15 is 0 Å². The number of carbonyl (C=O) groups is 1. The van der Waals surface area contributed by atoms with Crippen molar-refractivity contribution in [2.75, 3.05) is 46.4 Å². The van der Waals surface area contributed by atoms with Gasteiger partial charge in [-0.2, -0.15) is 0 Å². The van der Waals surface area contributed by atoms with Crippen LogP contribution in [0.2, 0.25) is 5.02 Å². The summed E-state index contributed by atoms with van der Waals surface area (Å²) in [5.74, 6) is 0.835. The Morgan fingerprint density at radius 3 is 2.39 bits per heavy atom. The van der Waals surface area contributed by atoms with Gasteiger partial charge in [0.1, 0.15) is 12.4 Å². The van der Waals surface area contributed by atoms with Crippen molar-refractivity contribution in [1.82, 2.24) is 9.80 Å². The van der Waals surface area contributed by atoms with Crippen LogP contribution in [0.5, 0.6) is 5.75 Å². The molecule has 36 heavy (non-hydrogen) atoms. The molecule has 0 aliphatic carbocycles. The summed E-state index contributed by atoms with van der Waals surface area (Å²) in [4.78, 5) is 16.9. The van der Waals surface area contributed by atoms with Gasteiger partial charge in [0.15, 0.2) is 0 Å². The summed E-state index contributed by atoms with van der Waals surface area (Å²) >= 11 is 6.15. The van der Waals surface area contributed by atoms with Crippen LogP contribution >= 0.6 is 11.6 Å². The van der Waals surface area contributed by atoms with Crippen molar-refractivity contribution in [3.63, 3.8) is 0 Å². The van der Waals surface area contributed by atoms with Crippen LogP contribution in [-0.4, -0.2) is 62.1 Å². The Morgan fingerprint density at radius 2 is 1.64 bits per heavy atom. The van der Waals surface area contributed by atoms with Crippen LogP contribution in [0, 0.1) is 0 Å². The first-order valence-electron chi connectivity index (χ1n) is 12.2. The van der Waals surface area contributed by atoms with Crippen LogP contribution < -0.4 is 4.74 Å². The number of hydrogen-bond acceptors (Lipinski definition) is 5. The molecule has 190 valence electrons. The molecule has 1 heterocycles. The van der Waals surface area contributed by atoms with E-state index in [1.807, 2.05) is 77.7 Å². The highest BCUT2D eigenvalue weighted by Gasteiger charge is 2.24. The van der Waals surface area contributed by atoms with Crippen molar-refractivity contribution in [2.24, 2.45) is 0 Å². The van der Waals surface area contributed by atoms with Crippen molar-refractivity contribution < 1.29 is 19.0 Å². The Morgan fingerprint density at radius 1 is 0.889 bits per heavy atom. The summed E-state index contributed by atoms with van der Waals surface area (Å²) in [5, 5.41) is 0.697. The van der Waals surface area contributed by atoms with Crippen LogP contribution in [0.25, 0.3) is 0 Å². The van der Waals surface area contributed by atoms with Crippen molar-refractivity contribution in [1.29, 1.82) is 0 Å². The molecule has 0 unspecified atom stereocenters. The fourth-order valence-electron chi connectivity index (χ4n) is 4.26. The van der Waals surface area contributed by atoms with Crippen LogP contribution in [0.1, 0.15) is 22.8 Å². The van der Waals surface area contributed by atoms with Crippen molar-refractivity contribution in [3.8, 4) is 5.75 Å². The predicted octanol–water partition coefficient (Wildman–Crippen LogP) is 4.97. The molecule has 4 rings (SSSR count). The Bertz CT molecular complexity index is 1100. The maximum absolute atomic E-state index is 12.6. The first-order valence-corrected chi connectivity index (χ1v) is 12.6. The van der Waals surface area contributed by atoms with Gasteiger partial charge in [-0.1, -0.05) is 66.2 Å². The number of piperazine rings is 1. The molecule has 1 aliphatic rings. The highest BCUT2D eigenvalue weighted by atomic mass is 35.5. The monoisotopic (exact) mass is 508 g/mol. The van der Waals surface area contributed by atoms with E-state index in [0.717, 1.165) is 42.1 Å². The van der Waals surface area contributed by atoms with E-state index in [0.29, 0.717) is 31.3 Å². The van der Waals surface area contributed by atoms with Crippen LogP contribution in [0.15, 0.2) is 78.9 Å². The van der Waals surface area contributed by atoms with Crippen molar-refractivity contribution >= 4 is 17.5 Å². The largest absolute Gasteiger partial charge is 0.497 e. The number of amides is 1. The minimum absolute atomic E-state index is 0.0344. The minimum atomic E-state index is -0.143. The minimum Gasteiger partial charge on any atom is -0.497 e. The van der Waals surface area contributed by atoms with E-state index in [9.17, 15) is 4.79 Å². The number of benzene rings is 3. The Kier molecular flexibility index (Phi) is 9.76. The zero-order valence-corrected chi connectivity index (χ0v) is 21.4. The van der Waals surface area contributed by atoms with Gasteiger partial charge in [-0.25, -0.2) is 0 Å². The summed E-state index contributed by atoms with van der Waals surface area (Å²) in [7, 11) is 1.67. The molecule has 0 saturated carbocycles. The maximum Gasteiger partial charge on any atom is 0.248 e. The van der Waals surface area contributed by atoms with Gasteiger partial charge >= 0.3 is 0 Å². The van der Waals surface area contributed by atoms with E-state index in [4.69, 9.17) is 25.8 Å². The fourth-order valence-corrected chi connectivity index (χ4v) is 4.47. The van der Waals surface area contributed by atoms with Gasteiger partial charge in [0.2, 0.25) is 5.91 Å². The standard InChI is InChI=1S/C29H33ClN2O4/c1-34-27-12-6-10-25(18-27)28(36-21-24-9-5-11-26(30)17-24)19-31-13-15-32(16-14-31)29(33)22-35-20-23-7-3-2-4-8-23/h2-12,17-18,28H,13-16,19-22H2,1H3/t28-/m1/s1. The lowest BCUT2D eigenvalue weighted by Crippen LogP contribution is -2.50. The van der Waals surface area contributed by atoms with E-state index in [2.05, 4.69) is 11.0 Å². The highest BCUT2D eigenvalue weighted by molar-refractivity contribution is 6.30. The van der Waals surface area contributed by atoms with E-state index in [1.54, 1.807) is 7.11 Å². The molecule has 3 aromatic rings. The quantitative estimate of drug-likeness (QED) is 0.366. The molecule has 1 saturated heterocycles. The van der Waals surface area contributed by atoms with Gasteiger partial charge in [0, 0.05) is 37.7 Å². The number of nitrogens with zero attached hydrogens (tertiary/aromatic N) is 2. The molecule has 0 bridgehead atoms.